The summed E-state index contributed by atoms with van der Waals surface area (Å²) in [6, 6.07) is 7.96. The van der Waals surface area contributed by atoms with Crippen LogP contribution in [-0.2, 0) is 0 Å². The van der Waals surface area contributed by atoms with Gasteiger partial charge in [0.25, 0.3) is 0 Å². The Bertz CT molecular complexity index is 620. The van der Waals surface area contributed by atoms with Crippen molar-refractivity contribution in [3.05, 3.63) is 29.8 Å². The summed E-state index contributed by atoms with van der Waals surface area (Å²) in [7, 11) is 0. The standard InChI is InChI=1S/C21H37N7O/c22-20(23)17-5-7-19(8-6-17)29-16-4-12-26-18-9-14-28(15-10-18)13-3-1-2-11-27-21(24)25/h5-8,18,26H,1-4,9-16H2,(H3,22,23)(H4,24,25,27). The van der Waals surface area contributed by atoms with E-state index in [0.29, 0.717) is 12.6 Å². The smallest absolute Gasteiger partial charge is 0.185 e. The fourth-order valence-electron chi connectivity index (χ4n) is 3.49. The van der Waals surface area contributed by atoms with Crippen LogP contribution in [0.15, 0.2) is 29.3 Å². The number of hydrogen-bond acceptors (Lipinski definition) is 5. The molecule has 0 atom stereocenters. The first kappa shape index (κ1) is 23.0. The zero-order valence-electron chi connectivity index (χ0n) is 17.4. The largest absolute Gasteiger partial charge is 0.494 e. The second-order valence-corrected chi connectivity index (χ2v) is 7.58. The van der Waals surface area contributed by atoms with Gasteiger partial charge in [0.15, 0.2) is 5.96 Å². The van der Waals surface area contributed by atoms with Gasteiger partial charge in [0.2, 0.25) is 0 Å². The van der Waals surface area contributed by atoms with Crippen LogP contribution < -0.4 is 27.3 Å². The molecule has 8 heteroatoms. The maximum atomic E-state index is 7.39. The summed E-state index contributed by atoms with van der Waals surface area (Å²) in [5.41, 5.74) is 16.8. The predicted molar refractivity (Wildman–Crippen MR) is 120 cm³/mol. The molecule has 1 aliphatic heterocycles. The number of nitrogens with one attached hydrogen (secondary N) is 2. The van der Waals surface area contributed by atoms with Crippen LogP contribution in [-0.4, -0.2) is 62.1 Å². The molecule has 1 heterocycles. The third kappa shape index (κ3) is 9.62. The lowest BCUT2D eigenvalue weighted by Gasteiger charge is -2.32. The number of nitrogens with two attached hydrogens (primary N) is 3. The van der Waals surface area contributed by atoms with Crippen LogP contribution in [0.3, 0.4) is 0 Å². The number of rotatable bonds is 13. The number of ether oxygens (including phenoxy) is 1. The van der Waals surface area contributed by atoms with Gasteiger partial charge in [0.1, 0.15) is 11.6 Å². The summed E-state index contributed by atoms with van der Waals surface area (Å²) in [6.45, 7) is 5.91. The fourth-order valence-corrected chi connectivity index (χ4v) is 3.49. The van der Waals surface area contributed by atoms with Crippen LogP contribution in [0.1, 0.15) is 44.1 Å². The van der Waals surface area contributed by atoms with Crippen molar-refractivity contribution >= 4 is 11.8 Å². The molecule has 2 rings (SSSR count). The summed E-state index contributed by atoms with van der Waals surface area (Å²) in [5.74, 6) is 1.09. The molecule has 0 radical (unpaired) electrons. The SMILES string of the molecule is N=C(N)c1ccc(OCCCNC2CCN(CCCCCN=C(N)N)CC2)cc1. The van der Waals surface area contributed by atoms with Gasteiger partial charge in [-0.3, -0.25) is 10.4 Å². The lowest BCUT2D eigenvalue weighted by molar-refractivity contribution is 0.193. The van der Waals surface area contributed by atoms with Crippen LogP contribution in [0.2, 0.25) is 0 Å². The van der Waals surface area contributed by atoms with Gasteiger partial charge in [-0.25, -0.2) is 0 Å². The highest BCUT2D eigenvalue weighted by atomic mass is 16.5. The Balaban J connectivity index is 1.46. The van der Waals surface area contributed by atoms with E-state index in [9.17, 15) is 0 Å². The third-order valence-electron chi connectivity index (χ3n) is 5.20. The average Bonchev–Trinajstić information content (AvgIpc) is 2.71. The number of benzene rings is 1. The molecular weight excluding hydrogens is 366 g/mol. The number of nitrogen functional groups attached to an aromatic ring is 1. The van der Waals surface area contributed by atoms with E-state index in [2.05, 4.69) is 15.2 Å². The quantitative estimate of drug-likeness (QED) is 0.191. The van der Waals surface area contributed by atoms with Gasteiger partial charge >= 0.3 is 0 Å². The van der Waals surface area contributed by atoms with E-state index in [1.54, 1.807) is 0 Å². The van der Waals surface area contributed by atoms with Gasteiger partial charge < -0.3 is 32.2 Å². The Labute approximate surface area is 174 Å². The first-order valence-corrected chi connectivity index (χ1v) is 10.6. The van der Waals surface area contributed by atoms with Crippen molar-refractivity contribution < 1.29 is 4.74 Å². The van der Waals surface area contributed by atoms with Crippen LogP contribution in [0, 0.1) is 5.41 Å². The van der Waals surface area contributed by atoms with E-state index in [0.717, 1.165) is 37.2 Å². The summed E-state index contributed by atoms with van der Waals surface area (Å²) in [4.78, 5) is 6.58. The molecule has 0 unspecified atom stereocenters. The summed E-state index contributed by atoms with van der Waals surface area (Å²) in [5, 5.41) is 11.1. The Morgan fingerprint density at radius 2 is 1.79 bits per heavy atom. The van der Waals surface area contributed by atoms with Gasteiger partial charge in [-0.05, 0) is 82.5 Å². The number of likely N-dealkylation sites (tertiary alicyclic amines) is 1. The van der Waals surface area contributed by atoms with Gasteiger partial charge in [-0.1, -0.05) is 6.42 Å². The Morgan fingerprint density at radius 3 is 2.45 bits per heavy atom. The monoisotopic (exact) mass is 403 g/mol. The highest BCUT2D eigenvalue weighted by Gasteiger charge is 2.17. The number of piperidine rings is 1. The second-order valence-electron chi connectivity index (χ2n) is 7.58. The zero-order valence-corrected chi connectivity index (χ0v) is 17.4. The predicted octanol–water partition coefficient (Wildman–Crippen LogP) is 1.24. The van der Waals surface area contributed by atoms with Crippen LogP contribution in [0.5, 0.6) is 5.75 Å². The third-order valence-corrected chi connectivity index (χ3v) is 5.20. The molecule has 1 aliphatic rings. The van der Waals surface area contributed by atoms with E-state index in [1.807, 2.05) is 24.3 Å². The van der Waals surface area contributed by atoms with E-state index in [1.165, 1.54) is 45.3 Å². The molecule has 0 saturated carbocycles. The minimum atomic E-state index is 0.0784. The molecule has 1 aromatic rings. The number of guanidine groups is 1. The summed E-state index contributed by atoms with van der Waals surface area (Å²) >= 11 is 0. The van der Waals surface area contributed by atoms with Gasteiger partial charge in [0.05, 0.1) is 6.61 Å². The number of unbranched alkanes of at least 4 members (excludes halogenated alkanes) is 2. The summed E-state index contributed by atoms with van der Waals surface area (Å²) in [6.07, 6.45) is 6.83. The number of nitrogens with zero attached hydrogens (tertiary/aromatic N) is 2. The van der Waals surface area contributed by atoms with Crippen LogP contribution in [0.25, 0.3) is 0 Å². The molecule has 1 fully saturated rings. The van der Waals surface area contributed by atoms with Crippen molar-refractivity contribution in [3.8, 4) is 5.75 Å². The van der Waals surface area contributed by atoms with E-state index >= 15 is 0 Å². The highest BCUT2D eigenvalue weighted by Crippen LogP contribution is 2.13. The van der Waals surface area contributed by atoms with Crippen molar-refractivity contribution in [1.82, 2.24) is 10.2 Å². The van der Waals surface area contributed by atoms with Crippen molar-refractivity contribution in [2.24, 2.45) is 22.2 Å². The Kier molecular flexibility index (Phi) is 10.3. The maximum absolute atomic E-state index is 7.39. The maximum Gasteiger partial charge on any atom is 0.185 e. The van der Waals surface area contributed by atoms with Crippen LogP contribution in [0.4, 0.5) is 0 Å². The summed E-state index contributed by atoms with van der Waals surface area (Å²) < 4.78 is 5.75. The Hall–Kier alpha value is -2.32. The van der Waals surface area contributed by atoms with E-state index in [-0.39, 0.29) is 11.8 Å². The molecule has 0 amide bonds. The van der Waals surface area contributed by atoms with E-state index < -0.39 is 0 Å². The average molecular weight is 404 g/mol. The van der Waals surface area contributed by atoms with Gasteiger partial charge in [-0.15, -0.1) is 0 Å². The highest BCUT2D eigenvalue weighted by molar-refractivity contribution is 5.94. The number of aliphatic imine (C=N–C) groups is 1. The topological polar surface area (TPSA) is 139 Å². The first-order valence-electron chi connectivity index (χ1n) is 10.6. The molecule has 8 N–H and O–H groups in total. The molecule has 0 aromatic heterocycles. The molecule has 1 saturated heterocycles. The minimum Gasteiger partial charge on any atom is -0.494 e. The lowest BCUT2D eigenvalue weighted by atomic mass is 10.0. The molecule has 0 bridgehead atoms. The number of hydrogen-bond donors (Lipinski definition) is 5. The van der Waals surface area contributed by atoms with Crippen molar-refractivity contribution in [2.45, 2.75) is 44.6 Å². The minimum absolute atomic E-state index is 0.0784. The zero-order chi connectivity index (χ0) is 20.9. The molecule has 8 nitrogen and oxygen atoms in total. The van der Waals surface area contributed by atoms with Gasteiger partial charge in [-0.2, -0.15) is 0 Å². The molecule has 29 heavy (non-hydrogen) atoms. The molecular formula is C21H37N7O. The second kappa shape index (κ2) is 13.0. The van der Waals surface area contributed by atoms with Gasteiger partial charge in [0, 0.05) is 18.2 Å². The Morgan fingerprint density at radius 1 is 1.07 bits per heavy atom. The van der Waals surface area contributed by atoms with Crippen molar-refractivity contribution in [1.29, 1.82) is 5.41 Å². The first-order chi connectivity index (χ1) is 14.0. The molecule has 0 aliphatic carbocycles. The molecule has 0 spiro atoms. The van der Waals surface area contributed by atoms with Crippen molar-refractivity contribution in [3.63, 3.8) is 0 Å². The fraction of sp³-hybridized carbons (Fsp3) is 0.619. The molecule has 162 valence electrons. The normalized spacial score (nSPS) is 15.2. The van der Waals surface area contributed by atoms with Crippen LogP contribution >= 0.6 is 0 Å². The molecule has 1 aromatic carbocycles. The lowest BCUT2D eigenvalue weighted by Crippen LogP contribution is -2.43. The van der Waals surface area contributed by atoms with Crippen molar-refractivity contribution in [2.75, 3.05) is 39.3 Å². The number of amidine groups is 1. The van der Waals surface area contributed by atoms with E-state index in [4.69, 9.17) is 27.3 Å².